The first-order chi connectivity index (χ1) is 6.66. The number of nitrogens with zero attached hydrogens (tertiary/aromatic N) is 2. The molecule has 0 amide bonds. The highest BCUT2D eigenvalue weighted by molar-refractivity contribution is 7.09. The van der Waals surface area contributed by atoms with Crippen LogP contribution in [0.15, 0.2) is 0 Å². The lowest BCUT2D eigenvalue weighted by Crippen LogP contribution is -2.01. The zero-order valence-electron chi connectivity index (χ0n) is 7.60. The van der Waals surface area contributed by atoms with E-state index in [1.54, 1.807) is 0 Å². The Morgan fingerprint density at radius 3 is 2.79 bits per heavy atom. The highest BCUT2D eigenvalue weighted by Gasteiger charge is 2.20. The molecule has 0 atom stereocenters. The first-order valence-electron chi connectivity index (χ1n) is 4.25. The second-order valence-electron chi connectivity index (χ2n) is 2.85. The van der Waals surface area contributed by atoms with Crippen molar-refractivity contribution in [3.05, 3.63) is 15.7 Å². The Balaban J connectivity index is 2.72. The number of rotatable bonds is 5. The summed E-state index contributed by atoms with van der Waals surface area (Å²) in [5.74, 6) is 0.277. The Labute approximate surface area is 85.2 Å². The fraction of sp³-hybridized carbons (Fsp3) is 0.571. The predicted octanol–water partition coefficient (Wildman–Crippen LogP) is 0.915. The third-order valence-corrected chi connectivity index (χ3v) is 2.70. The summed E-state index contributed by atoms with van der Waals surface area (Å²) in [6, 6.07) is 0. The van der Waals surface area contributed by atoms with Crippen LogP contribution in [0.2, 0.25) is 0 Å². The molecule has 0 radical (unpaired) electrons. The summed E-state index contributed by atoms with van der Waals surface area (Å²) in [6.45, 7) is 0.589. The summed E-state index contributed by atoms with van der Waals surface area (Å²) in [5, 5.41) is 10.6. The Hall–Kier alpha value is -1.21. The van der Waals surface area contributed by atoms with E-state index in [1.807, 2.05) is 0 Å². The second kappa shape index (κ2) is 4.87. The Bertz CT molecular complexity index is 325. The molecule has 1 aromatic heterocycles. The summed E-state index contributed by atoms with van der Waals surface area (Å²) in [7, 11) is 0. The van der Waals surface area contributed by atoms with Crippen LogP contribution in [-0.4, -0.2) is 15.8 Å². The lowest BCUT2D eigenvalue weighted by Gasteiger charge is -1.97. The van der Waals surface area contributed by atoms with E-state index in [0.717, 1.165) is 24.4 Å². The fourth-order valence-electron chi connectivity index (χ4n) is 1.14. The second-order valence-corrected chi connectivity index (χ2v) is 3.61. The molecule has 78 valence electrons. The third kappa shape index (κ3) is 2.39. The van der Waals surface area contributed by atoms with Crippen molar-refractivity contribution in [3.8, 4) is 0 Å². The van der Waals surface area contributed by atoms with E-state index in [9.17, 15) is 10.1 Å². The minimum atomic E-state index is -0.439. The first-order valence-corrected chi connectivity index (χ1v) is 5.02. The fourth-order valence-corrected chi connectivity index (χ4v) is 1.82. The molecule has 0 fully saturated rings. The van der Waals surface area contributed by atoms with Crippen molar-refractivity contribution < 1.29 is 4.92 Å². The maximum Gasteiger partial charge on any atom is 0.348 e. The number of nitrogens with two attached hydrogens (primary N) is 2. The van der Waals surface area contributed by atoms with E-state index in [0.29, 0.717) is 18.5 Å². The molecule has 0 aliphatic carbocycles. The van der Waals surface area contributed by atoms with Gasteiger partial charge in [0.05, 0.1) is 10.5 Å². The van der Waals surface area contributed by atoms with Gasteiger partial charge in [0.1, 0.15) is 5.82 Å². The van der Waals surface area contributed by atoms with Gasteiger partial charge in [-0.15, -0.1) is 0 Å². The van der Waals surface area contributed by atoms with Crippen molar-refractivity contribution >= 4 is 22.4 Å². The lowest BCUT2D eigenvalue weighted by molar-refractivity contribution is -0.380. The number of unbranched alkanes of at least 4 members (excludes halogenated alkanes) is 1. The van der Waals surface area contributed by atoms with Crippen LogP contribution in [0, 0.1) is 10.1 Å². The van der Waals surface area contributed by atoms with E-state index in [-0.39, 0.29) is 10.8 Å². The Kier molecular flexibility index (Phi) is 3.78. The molecule has 0 saturated heterocycles. The van der Waals surface area contributed by atoms with Crippen molar-refractivity contribution in [1.29, 1.82) is 0 Å². The van der Waals surface area contributed by atoms with E-state index >= 15 is 0 Å². The summed E-state index contributed by atoms with van der Waals surface area (Å²) < 4.78 is 3.76. The summed E-state index contributed by atoms with van der Waals surface area (Å²) in [4.78, 5) is 10.1. The number of nitro groups is 1. The Morgan fingerprint density at radius 1 is 1.50 bits per heavy atom. The summed E-state index contributed by atoms with van der Waals surface area (Å²) in [5.41, 5.74) is 11.4. The smallest absolute Gasteiger partial charge is 0.348 e. The van der Waals surface area contributed by atoms with Gasteiger partial charge in [0.15, 0.2) is 0 Å². The van der Waals surface area contributed by atoms with Gasteiger partial charge in [-0.1, -0.05) is 0 Å². The quantitative estimate of drug-likeness (QED) is 0.432. The summed E-state index contributed by atoms with van der Waals surface area (Å²) >= 11 is 0.837. The zero-order chi connectivity index (χ0) is 10.6. The molecule has 1 aromatic rings. The predicted molar refractivity (Wildman–Crippen MR) is 55.2 cm³/mol. The zero-order valence-corrected chi connectivity index (χ0v) is 8.42. The molecule has 14 heavy (non-hydrogen) atoms. The SMILES string of the molecule is NCCCCc1c(N)nsc1[N+](=O)[O-]. The molecule has 7 heteroatoms. The molecular weight excluding hydrogens is 204 g/mol. The highest BCUT2D eigenvalue weighted by atomic mass is 32.1. The van der Waals surface area contributed by atoms with Crippen LogP contribution in [0.1, 0.15) is 18.4 Å². The molecule has 0 bridgehead atoms. The van der Waals surface area contributed by atoms with Gasteiger partial charge in [-0.25, -0.2) is 0 Å². The molecule has 1 heterocycles. The number of hydrogen-bond acceptors (Lipinski definition) is 6. The van der Waals surface area contributed by atoms with Crippen molar-refractivity contribution in [3.63, 3.8) is 0 Å². The van der Waals surface area contributed by atoms with E-state index < -0.39 is 4.92 Å². The first kappa shape index (κ1) is 10.9. The average Bonchev–Trinajstić information content (AvgIpc) is 2.48. The molecule has 0 aromatic carbocycles. The van der Waals surface area contributed by atoms with Crippen molar-refractivity contribution in [1.82, 2.24) is 4.37 Å². The van der Waals surface area contributed by atoms with Crippen molar-refractivity contribution in [2.24, 2.45) is 5.73 Å². The maximum atomic E-state index is 10.6. The van der Waals surface area contributed by atoms with Gasteiger partial charge in [0, 0.05) is 11.5 Å². The normalized spacial score (nSPS) is 10.4. The minimum absolute atomic E-state index is 0.0551. The minimum Gasteiger partial charge on any atom is -0.382 e. The topological polar surface area (TPSA) is 108 Å². The van der Waals surface area contributed by atoms with Gasteiger partial charge >= 0.3 is 5.00 Å². The summed E-state index contributed by atoms with van der Waals surface area (Å²) in [6.07, 6.45) is 2.22. The number of hydrogen-bond donors (Lipinski definition) is 2. The van der Waals surface area contributed by atoms with Crippen LogP contribution in [0.3, 0.4) is 0 Å². The van der Waals surface area contributed by atoms with Gasteiger partial charge < -0.3 is 11.5 Å². The molecular formula is C7H12N4O2S. The largest absolute Gasteiger partial charge is 0.382 e. The highest BCUT2D eigenvalue weighted by Crippen LogP contribution is 2.29. The van der Waals surface area contributed by atoms with Crippen molar-refractivity contribution in [2.45, 2.75) is 19.3 Å². The molecule has 0 unspecified atom stereocenters. The van der Waals surface area contributed by atoms with Gasteiger partial charge in [0.25, 0.3) is 0 Å². The molecule has 0 saturated carbocycles. The van der Waals surface area contributed by atoms with E-state index in [4.69, 9.17) is 11.5 Å². The molecule has 4 N–H and O–H groups in total. The maximum absolute atomic E-state index is 10.6. The standard InChI is InChI=1S/C7H12N4O2S/c8-4-2-1-3-5-6(9)10-14-7(5)11(12)13/h1-4,8H2,(H2,9,10). The van der Waals surface area contributed by atoms with Crippen LogP contribution in [0.25, 0.3) is 0 Å². The van der Waals surface area contributed by atoms with Crippen LogP contribution >= 0.6 is 11.5 Å². The third-order valence-electron chi connectivity index (χ3n) is 1.84. The molecule has 1 rings (SSSR count). The lowest BCUT2D eigenvalue weighted by atomic mass is 10.1. The molecule has 0 aliphatic heterocycles. The van der Waals surface area contributed by atoms with Crippen LogP contribution < -0.4 is 11.5 Å². The Morgan fingerprint density at radius 2 is 2.21 bits per heavy atom. The molecule has 0 spiro atoms. The molecule has 6 nitrogen and oxygen atoms in total. The molecule has 0 aliphatic rings. The van der Waals surface area contributed by atoms with Gasteiger partial charge in [-0.3, -0.25) is 10.1 Å². The van der Waals surface area contributed by atoms with E-state index in [1.165, 1.54) is 0 Å². The van der Waals surface area contributed by atoms with E-state index in [2.05, 4.69) is 4.37 Å². The number of aromatic nitrogens is 1. The monoisotopic (exact) mass is 216 g/mol. The van der Waals surface area contributed by atoms with Crippen LogP contribution in [-0.2, 0) is 6.42 Å². The van der Waals surface area contributed by atoms with Gasteiger partial charge in [-0.2, -0.15) is 4.37 Å². The van der Waals surface area contributed by atoms with Crippen molar-refractivity contribution in [2.75, 3.05) is 12.3 Å². The number of anilines is 1. The van der Waals surface area contributed by atoms with Gasteiger partial charge in [-0.05, 0) is 25.8 Å². The number of nitrogen functional groups attached to an aromatic ring is 1. The average molecular weight is 216 g/mol. The van der Waals surface area contributed by atoms with Crippen LogP contribution in [0.4, 0.5) is 10.8 Å². The van der Waals surface area contributed by atoms with Crippen LogP contribution in [0.5, 0.6) is 0 Å². The van der Waals surface area contributed by atoms with Gasteiger partial charge in [0.2, 0.25) is 0 Å².